The van der Waals surface area contributed by atoms with E-state index in [2.05, 4.69) is 15.3 Å². The summed E-state index contributed by atoms with van der Waals surface area (Å²) in [5.41, 5.74) is 4.27. The number of aryl methyl sites for hydroxylation is 1. The van der Waals surface area contributed by atoms with Gasteiger partial charge in [-0.25, -0.2) is 14.8 Å². The fourth-order valence-electron chi connectivity index (χ4n) is 3.06. The van der Waals surface area contributed by atoms with Crippen molar-refractivity contribution in [2.45, 2.75) is 12.1 Å². The molecule has 9 heteroatoms. The van der Waals surface area contributed by atoms with Crippen molar-refractivity contribution in [3.63, 3.8) is 0 Å². The zero-order chi connectivity index (χ0) is 22.5. The first-order chi connectivity index (χ1) is 15.5. The van der Waals surface area contributed by atoms with Gasteiger partial charge in [0.1, 0.15) is 4.88 Å². The van der Waals surface area contributed by atoms with Crippen LogP contribution in [0.4, 0.5) is 5.13 Å². The molecule has 2 aromatic carbocycles. The molecular weight excluding hydrogens is 444 g/mol. The average molecular weight is 465 g/mol. The van der Waals surface area contributed by atoms with E-state index in [9.17, 15) is 9.59 Å². The molecule has 0 saturated carbocycles. The molecule has 0 unspecified atom stereocenters. The van der Waals surface area contributed by atoms with Gasteiger partial charge in [0, 0.05) is 11.1 Å². The molecule has 0 radical (unpaired) electrons. The standard InChI is InChI=1S/C23H20N4O3S2/c1-14-20(21(29)30-2)32-23(24-14)25-17(28)13-31-22-26-18(15-9-5-3-6-10-15)19(27-22)16-11-7-4-8-12-16/h3-12H,13H2,1-2H3,(H,26,27)(H,24,25,28). The molecule has 1 amide bonds. The zero-order valence-corrected chi connectivity index (χ0v) is 19.0. The van der Waals surface area contributed by atoms with E-state index >= 15 is 0 Å². The van der Waals surface area contributed by atoms with Crippen LogP contribution in [0.5, 0.6) is 0 Å². The van der Waals surface area contributed by atoms with Gasteiger partial charge in [-0.3, -0.25) is 4.79 Å². The van der Waals surface area contributed by atoms with Crippen molar-refractivity contribution in [1.82, 2.24) is 15.0 Å². The van der Waals surface area contributed by atoms with Crippen LogP contribution in [-0.4, -0.2) is 39.7 Å². The number of methoxy groups -OCH3 is 1. The number of benzene rings is 2. The van der Waals surface area contributed by atoms with Crippen LogP contribution in [0.25, 0.3) is 22.5 Å². The molecular formula is C23H20N4O3S2. The molecule has 0 fully saturated rings. The highest BCUT2D eigenvalue weighted by Crippen LogP contribution is 2.32. The van der Waals surface area contributed by atoms with Crippen LogP contribution >= 0.6 is 23.1 Å². The Hall–Kier alpha value is -3.43. The maximum Gasteiger partial charge on any atom is 0.350 e. The number of thiazole rings is 1. The van der Waals surface area contributed by atoms with Crippen LogP contribution in [-0.2, 0) is 9.53 Å². The number of ether oxygens (including phenoxy) is 1. The Morgan fingerprint density at radius 3 is 2.34 bits per heavy atom. The Labute approximate surface area is 193 Å². The third kappa shape index (κ3) is 4.90. The second-order valence-corrected chi connectivity index (χ2v) is 8.72. The van der Waals surface area contributed by atoms with Gasteiger partial charge in [-0.05, 0) is 6.92 Å². The number of anilines is 1. The maximum absolute atomic E-state index is 12.5. The minimum atomic E-state index is -0.465. The lowest BCUT2D eigenvalue weighted by atomic mass is 10.1. The highest BCUT2D eigenvalue weighted by molar-refractivity contribution is 7.99. The number of amides is 1. The van der Waals surface area contributed by atoms with Crippen molar-refractivity contribution in [2.75, 3.05) is 18.2 Å². The molecule has 0 aliphatic heterocycles. The molecule has 4 aromatic rings. The maximum atomic E-state index is 12.5. The Bertz CT molecular complexity index is 1180. The molecule has 2 aromatic heterocycles. The Morgan fingerprint density at radius 2 is 1.69 bits per heavy atom. The van der Waals surface area contributed by atoms with Gasteiger partial charge in [0.15, 0.2) is 10.3 Å². The Morgan fingerprint density at radius 1 is 1.03 bits per heavy atom. The molecule has 0 aliphatic rings. The molecule has 162 valence electrons. The first-order valence-corrected chi connectivity index (χ1v) is 11.5. The average Bonchev–Trinajstić information content (AvgIpc) is 3.42. The van der Waals surface area contributed by atoms with Crippen LogP contribution in [0.3, 0.4) is 0 Å². The van der Waals surface area contributed by atoms with Gasteiger partial charge in [-0.1, -0.05) is 83.8 Å². The van der Waals surface area contributed by atoms with Crippen molar-refractivity contribution in [1.29, 1.82) is 0 Å². The fourth-order valence-corrected chi connectivity index (χ4v) is 4.63. The van der Waals surface area contributed by atoms with Crippen LogP contribution in [0.2, 0.25) is 0 Å². The van der Waals surface area contributed by atoms with Gasteiger partial charge in [0.2, 0.25) is 5.91 Å². The van der Waals surface area contributed by atoms with E-state index < -0.39 is 5.97 Å². The number of aromatic nitrogens is 3. The number of esters is 1. The number of thioether (sulfide) groups is 1. The Balaban J connectivity index is 1.49. The second kappa shape index (κ2) is 9.80. The summed E-state index contributed by atoms with van der Waals surface area (Å²) in [5, 5.41) is 3.74. The monoisotopic (exact) mass is 464 g/mol. The quantitative estimate of drug-likeness (QED) is 0.294. The van der Waals surface area contributed by atoms with E-state index in [1.54, 1.807) is 6.92 Å². The molecule has 32 heavy (non-hydrogen) atoms. The molecule has 0 spiro atoms. The number of hydrogen-bond donors (Lipinski definition) is 2. The topological polar surface area (TPSA) is 97.0 Å². The lowest BCUT2D eigenvalue weighted by molar-refractivity contribution is -0.113. The number of H-pyrrole nitrogens is 1. The summed E-state index contributed by atoms with van der Waals surface area (Å²) < 4.78 is 4.73. The van der Waals surface area contributed by atoms with Crippen molar-refractivity contribution in [2.24, 2.45) is 0 Å². The summed E-state index contributed by atoms with van der Waals surface area (Å²) in [6.07, 6.45) is 0. The predicted octanol–water partition coefficient (Wildman–Crippen LogP) is 5.03. The van der Waals surface area contributed by atoms with E-state index in [1.807, 2.05) is 60.7 Å². The van der Waals surface area contributed by atoms with E-state index in [-0.39, 0.29) is 11.7 Å². The zero-order valence-electron chi connectivity index (χ0n) is 17.4. The molecule has 0 saturated heterocycles. The number of hydrogen-bond acceptors (Lipinski definition) is 7. The number of aromatic amines is 1. The minimum Gasteiger partial charge on any atom is -0.465 e. The number of imidazole rings is 1. The van der Waals surface area contributed by atoms with Crippen LogP contribution in [0, 0.1) is 6.92 Å². The summed E-state index contributed by atoms with van der Waals surface area (Å²) in [6, 6.07) is 19.9. The highest BCUT2D eigenvalue weighted by atomic mass is 32.2. The van der Waals surface area contributed by atoms with Gasteiger partial charge < -0.3 is 15.0 Å². The van der Waals surface area contributed by atoms with Crippen molar-refractivity contribution < 1.29 is 14.3 Å². The molecule has 0 atom stereocenters. The largest absolute Gasteiger partial charge is 0.465 e. The lowest BCUT2D eigenvalue weighted by Crippen LogP contribution is -2.13. The molecule has 0 bridgehead atoms. The Kier molecular flexibility index (Phi) is 6.67. The molecule has 2 heterocycles. The van der Waals surface area contributed by atoms with Crippen molar-refractivity contribution in [3.8, 4) is 22.5 Å². The lowest BCUT2D eigenvalue weighted by Gasteiger charge is -2.02. The van der Waals surface area contributed by atoms with E-state index in [0.29, 0.717) is 20.9 Å². The van der Waals surface area contributed by atoms with Crippen LogP contribution in [0.1, 0.15) is 15.4 Å². The third-order valence-corrected chi connectivity index (χ3v) is 6.47. The first kappa shape index (κ1) is 21.8. The molecule has 7 nitrogen and oxygen atoms in total. The van der Waals surface area contributed by atoms with E-state index in [1.165, 1.54) is 18.9 Å². The summed E-state index contributed by atoms with van der Waals surface area (Å²) in [6.45, 7) is 1.70. The summed E-state index contributed by atoms with van der Waals surface area (Å²) in [5.74, 6) is -0.561. The molecule has 2 N–H and O–H groups in total. The van der Waals surface area contributed by atoms with Gasteiger partial charge in [0.25, 0.3) is 0 Å². The van der Waals surface area contributed by atoms with Crippen molar-refractivity contribution in [3.05, 3.63) is 71.2 Å². The predicted molar refractivity (Wildman–Crippen MR) is 127 cm³/mol. The summed E-state index contributed by atoms with van der Waals surface area (Å²) >= 11 is 2.39. The number of carbonyl (C=O) groups is 2. The number of carbonyl (C=O) groups excluding carboxylic acids is 2. The fraction of sp³-hybridized carbons (Fsp3) is 0.130. The smallest absolute Gasteiger partial charge is 0.350 e. The summed E-state index contributed by atoms with van der Waals surface area (Å²) in [7, 11) is 1.31. The third-order valence-electron chi connectivity index (χ3n) is 4.55. The number of nitrogens with zero attached hydrogens (tertiary/aromatic N) is 2. The van der Waals surface area contributed by atoms with Crippen LogP contribution in [0.15, 0.2) is 65.8 Å². The first-order valence-electron chi connectivity index (χ1n) is 9.74. The van der Waals surface area contributed by atoms with Gasteiger partial charge in [-0.2, -0.15) is 0 Å². The highest BCUT2D eigenvalue weighted by Gasteiger charge is 2.18. The molecule has 0 aliphatic carbocycles. The molecule has 4 rings (SSSR count). The van der Waals surface area contributed by atoms with Crippen molar-refractivity contribution >= 4 is 40.1 Å². The second-order valence-electron chi connectivity index (χ2n) is 6.76. The number of nitrogens with one attached hydrogen (secondary N) is 2. The van der Waals surface area contributed by atoms with Gasteiger partial charge in [-0.15, -0.1) is 0 Å². The summed E-state index contributed by atoms with van der Waals surface area (Å²) in [4.78, 5) is 36.9. The normalized spacial score (nSPS) is 10.7. The van der Waals surface area contributed by atoms with E-state index in [4.69, 9.17) is 9.72 Å². The SMILES string of the molecule is COC(=O)c1sc(NC(=O)CSc2nc(-c3ccccc3)c(-c3ccccc3)[nH]2)nc1C. The van der Waals surface area contributed by atoms with Gasteiger partial charge in [0.05, 0.1) is 29.9 Å². The minimum absolute atomic E-state index is 0.141. The van der Waals surface area contributed by atoms with E-state index in [0.717, 1.165) is 33.9 Å². The van der Waals surface area contributed by atoms with Crippen LogP contribution < -0.4 is 5.32 Å². The van der Waals surface area contributed by atoms with Gasteiger partial charge >= 0.3 is 5.97 Å². The number of rotatable bonds is 7.